The van der Waals surface area contributed by atoms with Crippen LogP contribution in [0.15, 0.2) is 48.0 Å². The fraction of sp³-hybridized carbons (Fsp3) is 0.286. The van der Waals surface area contributed by atoms with E-state index in [-0.39, 0.29) is 18.5 Å². The van der Waals surface area contributed by atoms with Gasteiger partial charge in [0.1, 0.15) is 5.75 Å². The standard InChI is InChI=1S/C21H23NO5S2/c1-28-12-11-27-19-6-3-15(4-7-19)16-5-8-20-18(13-16)14-17(21(23)24)9-10-22(20)29(2,25)26/h3-8,13-14H,9-12H2,1-2H3,(H,23,24). The zero-order valence-corrected chi connectivity index (χ0v) is 17.9. The molecule has 0 amide bonds. The Balaban J connectivity index is 1.97. The Morgan fingerprint density at radius 3 is 2.48 bits per heavy atom. The first-order valence-corrected chi connectivity index (χ1v) is 12.3. The number of nitrogens with zero attached hydrogens (tertiary/aromatic N) is 1. The molecule has 0 saturated heterocycles. The lowest BCUT2D eigenvalue weighted by molar-refractivity contribution is -0.132. The highest BCUT2D eigenvalue weighted by molar-refractivity contribution is 7.98. The maximum Gasteiger partial charge on any atom is 0.331 e. The zero-order chi connectivity index (χ0) is 21.0. The number of hydrogen-bond donors (Lipinski definition) is 1. The van der Waals surface area contributed by atoms with E-state index < -0.39 is 16.0 Å². The second-order valence-electron chi connectivity index (χ2n) is 6.70. The van der Waals surface area contributed by atoms with Crippen LogP contribution in [0.25, 0.3) is 17.2 Å². The molecule has 3 rings (SSSR count). The number of sulfonamides is 1. The van der Waals surface area contributed by atoms with Crippen LogP contribution >= 0.6 is 11.8 Å². The molecule has 2 aromatic rings. The molecule has 0 bridgehead atoms. The summed E-state index contributed by atoms with van der Waals surface area (Å²) in [6.45, 7) is 0.745. The molecule has 0 unspecified atom stereocenters. The van der Waals surface area contributed by atoms with E-state index in [0.717, 1.165) is 28.9 Å². The molecule has 154 valence electrons. The summed E-state index contributed by atoms with van der Waals surface area (Å²) in [5, 5.41) is 9.43. The maximum absolute atomic E-state index is 12.2. The summed E-state index contributed by atoms with van der Waals surface area (Å²) in [5.41, 5.74) is 3.06. The summed E-state index contributed by atoms with van der Waals surface area (Å²) in [7, 11) is -3.52. The average Bonchev–Trinajstić information content (AvgIpc) is 2.88. The van der Waals surface area contributed by atoms with Crippen molar-refractivity contribution in [1.82, 2.24) is 0 Å². The van der Waals surface area contributed by atoms with Gasteiger partial charge in [0.2, 0.25) is 10.0 Å². The van der Waals surface area contributed by atoms with E-state index in [1.165, 1.54) is 4.31 Å². The Kier molecular flexibility index (Phi) is 6.54. The third-order valence-electron chi connectivity index (χ3n) is 4.63. The molecule has 1 N–H and O–H groups in total. The van der Waals surface area contributed by atoms with Crippen molar-refractivity contribution in [2.24, 2.45) is 0 Å². The highest BCUT2D eigenvalue weighted by atomic mass is 32.2. The average molecular weight is 434 g/mol. The van der Waals surface area contributed by atoms with E-state index in [1.54, 1.807) is 23.9 Å². The molecule has 0 radical (unpaired) electrons. The molecule has 8 heteroatoms. The van der Waals surface area contributed by atoms with E-state index in [4.69, 9.17) is 4.74 Å². The Hall–Kier alpha value is -2.45. The van der Waals surface area contributed by atoms with Crippen LogP contribution in [0, 0.1) is 0 Å². The number of hydrogen-bond acceptors (Lipinski definition) is 5. The molecule has 2 aromatic carbocycles. The lowest BCUT2D eigenvalue weighted by Crippen LogP contribution is -2.31. The monoisotopic (exact) mass is 433 g/mol. The number of carboxylic acids is 1. The molecule has 0 saturated carbocycles. The smallest absolute Gasteiger partial charge is 0.331 e. The number of carbonyl (C=O) groups is 1. The van der Waals surface area contributed by atoms with Crippen LogP contribution in [0.4, 0.5) is 5.69 Å². The normalized spacial score (nSPS) is 14.0. The van der Waals surface area contributed by atoms with Gasteiger partial charge in [-0.15, -0.1) is 0 Å². The van der Waals surface area contributed by atoms with Crippen molar-refractivity contribution in [2.45, 2.75) is 6.42 Å². The third kappa shape index (κ3) is 5.13. The molecule has 6 nitrogen and oxygen atoms in total. The largest absolute Gasteiger partial charge is 0.493 e. The SMILES string of the molecule is CSCCOc1ccc(-c2ccc3c(c2)C=C(C(=O)O)CCN3S(C)(=O)=O)cc1. The molecule has 0 aliphatic carbocycles. The lowest BCUT2D eigenvalue weighted by atomic mass is 10.0. The van der Waals surface area contributed by atoms with Crippen LogP contribution in [0.2, 0.25) is 0 Å². The van der Waals surface area contributed by atoms with E-state index in [0.29, 0.717) is 17.9 Å². The molecule has 0 spiro atoms. The fourth-order valence-electron chi connectivity index (χ4n) is 3.18. The van der Waals surface area contributed by atoms with Crippen LogP contribution in [0.5, 0.6) is 5.75 Å². The van der Waals surface area contributed by atoms with Gasteiger partial charge in [0.25, 0.3) is 0 Å². The molecule has 1 aliphatic rings. The summed E-state index contributed by atoms with van der Waals surface area (Å²) in [5.74, 6) is 0.666. The van der Waals surface area contributed by atoms with Crippen molar-refractivity contribution in [1.29, 1.82) is 0 Å². The van der Waals surface area contributed by atoms with Crippen LogP contribution < -0.4 is 9.04 Å². The number of thioether (sulfide) groups is 1. The Morgan fingerprint density at radius 1 is 1.17 bits per heavy atom. The van der Waals surface area contributed by atoms with Gasteiger partial charge in [0.15, 0.2) is 0 Å². The summed E-state index contributed by atoms with van der Waals surface area (Å²) in [4.78, 5) is 11.5. The number of benzene rings is 2. The Morgan fingerprint density at radius 2 is 1.86 bits per heavy atom. The molecular weight excluding hydrogens is 410 g/mol. The van der Waals surface area contributed by atoms with Gasteiger partial charge in [-0.25, -0.2) is 13.2 Å². The molecule has 0 aromatic heterocycles. The number of carboxylic acid groups (broad SMARTS) is 1. The van der Waals surface area contributed by atoms with Gasteiger partial charge in [-0.2, -0.15) is 11.8 Å². The fourth-order valence-corrected chi connectivity index (χ4v) is 4.38. The van der Waals surface area contributed by atoms with Crippen molar-refractivity contribution in [3.8, 4) is 16.9 Å². The van der Waals surface area contributed by atoms with Gasteiger partial charge in [-0.05, 0) is 59.7 Å². The van der Waals surface area contributed by atoms with E-state index >= 15 is 0 Å². The summed E-state index contributed by atoms with van der Waals surface area (Å²) in [6, 6.07) is 13.1. The molecular formula is C21H23NO5S2. The Bertz CT molecular complexity index is 1030. The third-order valence-corrected chi connectivity index (χ3v) is 6.38. The summed E-state index contributed by atoms with van der Waals surface area (Å²) < 4.78 is 31.4. The minimum Gasteiger partial charge on any atom is -0.493 e. The number of anilines is 1. The van der Waals surface area contributed by atoms with Gasteiger partial charge in [-0.3, -0.25) is 4.31 Å². The van der Waals surface area contributed by atoms with E-state index in [2.05, 4.69) is 0 Å². The number of fused-ring (bicyclic) bond motifs is 1. The highest BCUT2D eigenvalue weighted by Gasteiger charge is 2.25. The van der Waals surface area contributed by atoms with Gasteiger partial charge in [0, 0.05) is 17.9 Å². The topological polar surface area (TPSA) is 83.9 Å². The molecule has 0 atom stereocenters. The highest BCUT2D eigenvalue weighted by Crippen LogP contribution is 2.34. The van der Waals surface area contributed by atoms with Gasteiger partial charge in [-0.1, -0.05) is 18.2 Å². The molecule has 29 heavy (non-hydrogen) atoms. The van der Waals surface area contributed by atoms with Crippen LogP contribution in [0.3, 0.4) is 0 Å². The van der Waals surface area contributed by atoms with E-state index in [1.807, 2.05) is 42.7 Å². The first-order valence-electron chi connectivity index (χ1n) is 9.07. The van der Waals surface area contributed by atoms with Crippen molar-refractivity contribution >= 4 is 39.5 Å². The lowest BCUT2D eigenvalue weighted by Gasteiger charge is -2.22. The molecule has 1 heterocycles. The number of ether oxygens (including phenoxy) is 1. The first kappa shape index (κ1) is 21.3. The summed E-state index contributed by atoms with van der Waals surface area (Å²) in [6.07, 6.45) is 4.87. The van der Waals surface area contributed by atoms with Crippen LogP contribution in [-0.2, 0) is 14.8 Å². The van der Waals surface area contributed by atoms with Crippen molar-refractivity contribution in [2.75, 3.05) is 35.7 Å². The second kappa shape index (κ2) is 8.92. The van der Waals surface area contributed by atoms with Crippen LogP contribution in [-0.4, -0.2) is 50.9 Å². The maximum atomic E-state index is 12.2. The minimum absolute atomic E-state index is 0.103. The van der Waals surface area contributed by atoms with Crippen molar-refractivity contribution in [3.63, 3.8) is 0 Å². The summed E-state index contributed by atoms with van der Waals surface area (Å²) >= 11 is 1.72. The second-order valence-corrected chi connectivity index (χ2v) is 9.59. The number of rotatable bonds is 7. The van der Waals surface area contributed by atoms with Crippen molar-refractivity contribution < 1.29 is 23.1 Å². The molecule has 0 fully saturated rings. The quantitative estimate of drug-likeness (QED) is 0.670. The van der Waals surface area contributed by atoms with Crippen LogP contribution in [0.1, 0.15) is 12.0 Å². The Labute approximate surface area is 175 Å². The zero-order valence-electron chi connectivity index (χ0n) is 16.3. The number of aliphatic carboxylic acids is 1. The van der Waals surface area contributed by atoms with Gasteiger partial charge in [0.05, 0.1) is 18.6 Å². The van der Waals surface area contributed by atoms with Gasteiger partial charge >= 0.3 is 5.97 Å². The van der Waals surface area contributed by atoms with E-state index in [9.17, 15) is 18.3 Å². The van der Waals surface area contributed by atoms with Gasteiger partial charge < -0.3 is 9.84 Å². The molecule has 1 aliphatic heterocycles. The predicted octanol–water partition coefficient (Wildman–Crippen LogP) is 3.73. The first-order chi connectivity index (χ1) is 13.8. The predicted molar refractivity (Wildman–Crippen MR) is 118 cm³/mol. The minimum atomic E-state index is -3.52. The van der Waals surface area contributed by atoms with Crippen molar-refractivity contribution in [3.05, 3.63) is 53.6 Å².